The van der Waals surface area contributed by atoms with Crippen LogP contribution in [0.5, 0.6) is 0 Å². The van der Waals surface area contributed by atoms with Gasteiger partial charge < -0.3 is 10.2 Å². The molecule has 0 spiro atoms. The lowest BCUT2D eigenvalue weighted by atomic mass is 10.0. The van der Waals surface area contributed by atoms with Crippen LogP contribution in [0, 0.1) is 5.92 Å². The summed E-state index contributed by atoms with van der Waals surface area (Å²) >= 11 is 0. The number of urea groups is 1. The highest BCUT2D eigenvalue weighted by molar-refractivity contribution is 7.89. The van der Waals surface area contributed by atoms with Crippen LogP contribution in [-0.2, 0) is 21.2 Å². The Labute approximate surface area is 171 Å². The van der Waals surface area contributed by atoms with E-state index >= 15 is 0 Å². The first-order valence-corrected chi connectivity index (χ1v) is 11.6. The summed E-state index contributed by atoms with van der Waals surface area (Å²) in [7, 11) is -0.479. The summed E-state index contributed by atoms with van der Waals surface area (Å²) in [6, 6.07) is 4.85. The number of rotatable bonds is 4. The van der Waals surface area contributed by atoms with E-state index in [0.29, 0.717) is 26.1 Å². The minimum atomic E-state index is -3.49. The van der Waals surface area contributed by atoms with Crippen LogP contribution < -0.4 is 10.2 Å². The van der Waals surface area contributed by atoms with Crippen LogP contribution in [0.1, 0.15) is 31.2 Å². The Bertz CT molecular complexity index is 918. The highest BCUT2D eigenvalue weighted by Gasteiger charge is 2.35. The summed E-state index contributed by atoms with van der Waals surface area (Å²) in [6.45, 7) is 1.93. The van der Waals surface area contributed by atoms with E-state index in [1.54, 1.807) is 23.1 Å². The number of benzene rings is 1. The maximum atomic E-state index is 12.8. The fourth-order valence-electron chi connectivity index (χ4n) is 4.05. The molecular weight excluding hydrogens is 392 g/mol. The van der Waals surface area contributed by atoms with E-state index in [9.17, 15) is 18.0 Å². The zero-order chi connectivity index (χ0) is 20.8. The van der Waals surface area contributed by atoms with Crippen LogP contribution in [0.3, 0.4) is 0 Å². The molecule has 9 heteroatoms. The fraction of sp³-hybridized carbons (Fsp3) is 0.600. The van der Waals surface area contributed by atoms with Gasteiger partial charge in [0.1, 0.15) is 0 Å². The van der Waals surface area contributed by atoms with Gasteiger partial charge in [-0.2, -0.15) is 0 Å². The molecule has 29 heavy (non-hydrogen) atoms. The van der Waals surface area contributed by atoms with Crippen molar-refractivity contribution >= 4 is 27.6 Å². The highest BCUT2D eigenvalue weighted by Crippen LogP contribution is 2.33. The molecule has 2 fully saturated rings. The number of fused-ring (bicyclic) bond motifs is 1. The Kier molecular flexibility index (Phi) is 5.29. The molecular formula is C20H28N4O4S. The molecule has 0 aromatic heterocycles. The van der Waals surface area contributed by atoms with E-state index in [4.69, 9.17) is 0 Å². The van der Waals surface area contributed by atoms with Crippen molar-refractivity contribution in [3.05, 3.63) is 23.8 Å². The van der Waals surface area contributed by atoms with E-state index < -0.39 is 10.0 Å². The predicted molar refractivity (Wildman–Crippen MR) is 109 cm³/mol. The normalized spacial score (nSPS) is 20.1. The number of sulfonamides is 1. The van der Waals surface area contributed by atoms with Crippen molar-refractivity contribution in [2.75, 3.05) is 38.6 Å². The molecule has 1 N–H and O–H groups in total. The fourth-order valence-corrected chi connectivity index (χ4v) is 5.00. The molecule has 1 saturated heterocycles. The SMILES string of the molecule is CN(C)S(=O)(=O)c1ccc2c(c1)CCN2C(=O)NC1CCN(C(=O)C2CC2)CC1. The van der Waals surface area contributed by atoms with Crippen molar-refractivity contribution in [2.45, 2.75) is 43.0 Å². The molecule has 2 heterocycles. The molecule has 4 rings (SSSR count). The molecule has 3 amide bonds. The van der Waals surface area contributed by atoms with Crippen molar-refractivity contribution in [3.63, 3.8) is 0 Å². The summed E-state index contributed by atoms with van der Waals surface area (Å²) in [5.41, 5.74) is 1.63. The van der Waals surface area contributed by atoms with E-state index in [1.807, 2.05) is 4.90 Å². The second-order valence-corrected chi connectivity index (χ2v) is 10.5. The molecule has 2 aliphatic heterocycles. The number of nitrogens with one attached hydrogen (secondary N) is 1. The second-order valence-electron chi connectivity index (χ2n) is 8.30. The lowest BCUT2D eigenvalue weighted by molar-refractivity contribution is -0.133. The Morgan fingerprint density at radius 2 is 1.76 bits per heavy atom. The monoisotopic (exact) mass is 420 g/mol. The van der Waals surface area contributed by atoms with Gasteiger partial charge >= 0.3 is 6.03 Å². The quantitative estimate of drug-likeness (QED) is 0.798. The maximum Gasteiger partial charge on any atom is 0.322 e. The third-order valence-corrected chi connectivity index (χ3v) is 7.84. The third-order valence-electron chi connectivity index (χ3n) is 6.03. The molecule has 3 aliphatic rings. The van der Waals surface area contributed by atoms with Crippen molar-refractivity contribution in [1.82, 2.24) is 14.5 Å². The average molecular weight is 421 g/mol. The van der Waals surface area contributed by atoms with E-state index in [1.165, 1.54) is 18.4 Å². The maximum absolute atomic E-state index is 12.8. The van der Waals surface area contributed by atoms with Crippen LogP contribution in [-0.4, -0.2) is 69.3 Å². The van der Waals surface area contributed by atoms with Crippen molar-refractivity contribution in [3.8, 4) is 0 Å². The van der Waals surface area contributed by atoms with E-state index in [2.05, 4.69) is 5.32 Å². The topological polar surface area (TPSA) is 90.0 Å². The first-order chi connectivity index (χ1) is 13.8. The minimum Gasteiger partial charge on any atom is -0.342 e. The first kappa shape index (κ1) is 20.2. The molecule has 0 atom stereocenters. The number of piperidine rings is 1. The molecule has 8 nitrogen and oxygen atoms in total. The number of amides is 3. The van der Waals surface area contributed by atoms with Gasteiger partial charge in [-0.05, 0) is 55.9 Å². The molecule has 1 saturated carbocycles. The van der Waals surface area contributed by atoms with Crippen LogP contribution >= 0.6 is 0 Å². The van der Waals surface area contributed by atoms with Gasteiger partial charge in [0.05, 0.1) is 4.90 Å². The van der Waals surface area contributed by atoms with Crippen molar-refractivity contribution < 1.29 is 18.0 Å². The smallest absolute Gasteiger partial charge is 0.322 e. The molecule has 1 aromatic carbocycles. The number of hydrogen-bond acceptors (Lipinski definition) is 4. The van der Waals surface area contributed by atoms with Gasteiger partial charge in [-0.25, -0.2) is 17.5 Å². The molecule has 0 bridgehead atoms. The number of anilines is 1. The molecule has 0 unspecified atom stereocenters. The van der Waals surface area contributed by atoms with E-state index in [0.717, 1.165) is 36.9 Å². The van der Waals surface area contributed by atoms with Gasteiger partial charge in [-0.15, -0.1) is 0 Å². The first-order valence-electron chi connectivity index (χ1n) is 10.2. The van der Waals surface area contributed by atoms with Gasteiger partial charge in [0, 0.05) is 51.4 Å². The average Bonchev–Trinajstić information content (AvgIpc) is 3.46. The van der Waals surface area contributed by atoms with Crippen LogP contribution in [0.4, 0.5) is 10.5 Å². The third kappa shape index (κ3) is 3.98. The van der Waals surface area contributed by atoms with Crippen LogP contribution in [0.2, 0.25) is 0 Å². The van der Waals surface area contributed by atoms with Gasteiger partial charge in [0.15, 0.2) is 0 Å². The van der Waals surface area contributed by atoms with Gasteiger partial charge in [-0.1, -0.05) is 0 Å². The number of carbonyl (C=O) groups excluding carboxylic acids is 2. The second kappa shape index (κ2) is 7.60. The van der Waals surface area contributed by atoms with Crippen LogP contribution in [0.25, 0.3) is 0 Å². The number of nitrogens with zero attached hydrogens (tertiary/aromatic N) is 3. The standard InChI is InChI=1S/C20H28N4O4S/c1-22(2)29(27,28)17-5-6-18-15(13-17)7-12-24(18)20(26)21-16-8-10-23(11-9-16)19(25)14-3-4-14/h5-6,13-14,16H,3-4,7-12H2,1-2H3,(H,21,26). The lowest BCUT2D eigenvalue weighted by Gasteiger charge is -2.33. The Morgan fingerprint density at radius 1 is 1.07 bits per heavy atom. The minimum absolute atomic E-state index is 0.0585. The molecule has 1 aliphatic carbocycles. The number of likely N-dealkylation sites (tertiary alicyclic amines) is 1. The van der Waals surface area contributed by atoms with E-state index in [-0.39, 0.29) is 28.8 Å². The summed E-state index contributed by atoms with van der Waals surface area (Å²) in [4.78, 5) is 28.8. The van der Waals surface area contributed by atoms with Gasteiger partial charge in [0.25, 0.3) is 0 Å². The van der Waals surface area contributed by atoms with Gasteiger partial charge in [0.2, 0.25) is 15.9 Å². The zero-order valence-electron chi connectivity index (χ0n) is 16.9. The number of hydrogen-bond donors (Lipinski definition) is 1. The molecule has 0 radical (unpaired) electrons. The summed E-state index contributed by atoms with van der Waals surface area (Å²) in [5.74, 6) is 0.509. The van der Waals surface area contributed by atoms with Crippen molar-refractivity contribution in [1.29, 1.82) is 0 Å². The number of carbonyl (C=O) groups is 2. The summed E-state index contributed by atoms with van der Waals surface area (Å²) < 4.78 is 25.9. The van der Waals surface area contributed by atoms with Crippen LogP contribution in [0.15, 0.2) is 23.1 Å². The Morgan fingerprint density at radius 3 is 2.38 bits per heavy atom. The zero-order valence-corrected chi connectivity index (χ0v) is 17.7. The summed E-state index contributed by atoms with van der Waals surface area (Å²) in [5, 5.41) is 3.09. The van der Waals surface area contributed by atoms with Gasteiger partial charge in [-0.3, -0.25) is 9.69 Å². The Hall–Kier alpha value is -2.13. The molecule has 1 aromatic rings. The Balaban J connectivity index is 1.37. The summed E-state index contributed by atoms with van der Waals surface area (Å²) in [6.07, 6.45) is 4.20. The largest absolute Gasteiger partial charge is 0.342 e. The lowest BCUT2D eigenvalue weighted by Crippen LogP contribution is -2.50. The predicted octanol–water partition coefficient (Wildman–Crippen LogP) is 1.41. The highest BCUT2D eigenvalue weighted by atomic mass is 32.2. The van der Waals surface area contributed by atoms with Crippen molar-refractivity contribution in [2.24, 2.45) is 5.92 Å². The molecule has 158 valence electrons.